The lowest BCUT2D eigenvalue weighted by Crippen LogP contribution is -2.22. The highest BCUT2D eigenvalue weighted by molar-refractivity contribution is 9.10. The van der Waals surface area contributed by atoms with Crippen molar-refractivity contribution in [3.05, 3.63) is 68.7 Å². The number of halogens is 5. The Labute approximate surface area is 134 Å². The molecule has 0 spiro atoms. The Kier molecular flexibility index (Phi) is 4.96. The summed E-state index contributed by atoms with van der Waals surface area (Å²) in [5, 5.41) is 3.45. The SMILES string of the molecule is CNC(c1ccc(Cl)cc1Br)c1ccccc1C(F)(F)F. The summed E-state index contributed by atoms with van der Waals surface area (Å²) < 4.78 is 40.2. The molecule has 2 rings (SSSR count). The third kappa shape index (κ3) is 3.59. The van der Waals surface area contributed by atoms with E-state index in [0.717, 1.165) is 6.07 Å². The first-order chi connectivity index (χ1) is 9.84. The Morgan fingerprint density at radius 2 is 1.76 bits per heavy atom. The third-order valence-electron chi connectivity index (χ3n) is 3.14. The van der Waals surface area contributed by atoms with Crippen LogP contribution in [0.2, 0.25) is 5.02 Å². The fourth-order valence-corrected chi connectivity index (χ4v) is 3.13. The molecule has 0 fully saturated rings. The molecule has 0 saturated carbocycles. The average Bonchev–Trinajstić information content (AvgIpc) is 2.41. The minimum atomic E-state index is -4.40. The standard InChI is InChI=1S/C15H12BrClF3N/c1-21-14(11-7-6-9(17)8-13(11)16)10-4-2-3-5-12(10)15(18,19)20/h2-8,14,21H,1H3. The van der Waals surface area contributed by atoms with Gasteiger partial charge in [0.1, 0.15) is 0 Å². The highest BCUT2D eigenvalue weighted by Gasteiger charge is 2.35. The molecule has 0 aliphatic carbocycles. The molecule has 1 unspecified atom stereocenters. The number of nitrogens with one attached hydrogen (secondary N) is 1. The fourth-order valence-electron chi connectivity index (χ4n) is 2.22. The number of hydrogen-bond donors (Lipinski definition) is 1. The van der Waals surface area contributed by atoms with Crippen LogP contribution in [0, 0.1) is 0 Å². The summed E-state index contributed by atoms with van der Waals surface area (Å²) in [7, 11) is 1.62. The minimum Gasteiger partial charge on any atom is -0.309 e. The summed E-state index contributed by atoms with van der Waals surface area (Å²) in [6.07, 6.45) is -4.40. The van der Waals surface area contributed by atoms with Crippen molar-refractivity contribution in [2.45, 2.75) is 12.2 Å². The second kappa shape index (κ2) is 6.38. The van der Waals surface area contributed by atoms with Gasteiger partial charge in [-0.25, -0.2) is 0 Å². The monoisotopic (exact) mass is 377 g/mol. The lowest BCUT2D eigenvalue weighted by molar-refractivity contribution is -0.138. The van der Waals surface area contributed by atoms with Gasteiger partial charge in [-0.05, 0) is 36.4 Å². The molecule has 112 valence electrons. The van der Waals surface area contributed by atoms with Crippen LogP contribution in [0.25, 0.3) is 0 Å². The largest absolute Gasteiger partial charge is 0.416 e. The third-order valence-corrected chi connectivity index (χ3v) is 4.06. The molecule has 0 aliphatic rings. The normalized spacial score (nSPS) is 13.2. The Morgan fingerprint density at radius 3 is 2.33 bits per heavy atom. The van der Waals surface area contributed by atoms with Crippen LogP contribution < -0.4 is 5.32 Å². The Bertz CT molecular complexity index is 643. The van der Waals surface area contributed by atoms with E-state index in [1.807, 2.05) is 0 Å². The number of hydrogen-bond acceptors (Lipinski definition) is 1. The molecule has 1 atom stereocenters. The number of benzene rings is 2. The van der Waals surface area contributed by atoms with Gasteiger partial charge in [0.15, 0.2) is 0 Å². The molecule has 0 heterocycles. The predicted molar refractivity (Wildman–Crippen MR) is 81.5 cm³/mol. The smallest absolute Gasteiger partial charge is 0.309 e. The second-order valence-electron chi connectivity index (χ2n) is 4.47. The highest BCUT2D eigenvalue weighted by Crippen LogP contribution is 2.38. The topological polar surface area (TPSA) is 12.0 Å². The van der Waals surface area contributed by atoms with Crippen molar-refractivity contribution in [3.8, 4) is 0 Å². The second-order valence-corrected chi connectivity index (χ2v) is 5.76. The summed E-state index contributed by atoms with van der Waals surface area (Å²) >= 11 is 9.24. The lowest BCUT2D eigenvalue weighted by Gasteiger charge is -2.22. The summed E-state index contributed by atoms with van der Waals surface area (Å²) in [6.45, 7) is 0. The van der Waals surface area contributed by atoms with Gasteiger partial charge in [-0.3, -0.25) is 0 Å². The zero-order chi connectivity index (χ0) is 15.6. The molecule has 0 radical (unpaired) electrons. The van der Waals surface area contributed by atoms with Crippen molar-refractivity contribution in [1.29, 1.82) is 0 Å². The van der Waals surface area contributed by atoms with E-state index < -0.39 is 17.8 Å². The van der Waals surface area contributed by atoms with E-state index in [9.17, 15) is 13.2 Å². The van der Waals surface area contributed by atoms with Gasteiger partial charge in [-0.2, -0.15) is 13.2 Å². The van der Waals surface area contributed by atoms with Crippen LogP contribution in [0.4, 0.5) is 13.2 Å². The zero-order valence-corrected chi connectivity index (χ0v) is 13.4. The average molecular weight is 379 g/mol. The van der Waals surface area contributed by atoms with E-state index in [1.165, 1.54) is 12.1 Å². The van der Waals surface area contributed by atoms with Gasteiger partial charge in [0, 0.05) is 9.50 Å². The summed E-state index contributed by atoms with van der Waals surface area (Å²) in [5.41, 5.74) is 0.223. The molecule has 0 aromatic heterocycles. The zero-order valence-electron chi connectivity index (χ0n) is 11.0. The molecular weight excluding hydrogens is 367 g/mol. The Morgan fingerprint density at radius 1 is 1.10 bits per heavy atom. The van der Waals surface area contributed by atoms with Gasteiger partial charge >= 0.3 is 6.18 Å². The maximum atomic E-state index is 13.2. The van der Waals surface area contributed by atoms with Crippen LogP contribution in [0.3, 0.4) is 0 Å². The number of rotatable bonds is 3. The summed E-state index contributed by atoms with van der Waals surface area (Å²) in [4.78, 5) is 0. The van der Waals surface area contributed by atoms with Crippen LogP contribution >= 0.6 is 27.5 Å². The van der Waals surface area contributed by atoms with Crippen LogP contribution in [-0.2, 0) is 6.18 Å². The molecule has 0 bridgehead atoms. The summed E-state index contributed by atoms with van der Waals surface area (Å²) in [6, 6.07) is 9.98. The maximum Gasteiger partial charge on any atom is 0.416 e. The summed E-state index contributed by atoms with van der Waals surface area (Å²) in [5.74, 6) is 0. The van der Waals surface area contributed by atoms with Crippen LogP contribution in [0.5, 0.6) is 0 Å². The minimum absolute atomic E-state index is 0.176. The van der Waals surface area contributed by atoms with E-state index >= 15 is 0 Å². The van der Waals surface area contributed by atoms with Gasteiger partial charge in [0.05, 0.1) is 11.6 Å². The first kappa shape index (κ1) is 16.3. The van der Waals surface area contributed by atoms with Crippen molar-refractivity contribution < 1.29 is 13.2 Å². The van der Waals surface area contributed by atoms with Crippen molar-refractivity contribution in [1.82, 2.24) is 5.32 Å². The molecule has 0 saturated heterocycles. The van der Waals surface area contributed by atoms with Gasteiger partial charge in [0.2, 0.25) is 0 Å². The van der Waals surface area contributed by atoms with Gasteiger partial charge in [0.25, 0.3) is 0 Å². The molecular formula is C15H12BrClF3N. The van der Waals surface area contributed by atoms with E-state index in [-0.39, 0.29) is 5.56 Å². The molecule has 2 aromatic rings. The molecule has 0 amide bonds. The first-order valence-electron chi connectivity index (χ1n) is 6.13. The lowest BCUT2D eigenvalue weighted by atomic mass is 9.94. The molecule has 1 nitrogen and oxygen atoms in total. The molecule has 6 heteroatoms. The quantitative estimate of drug-likeness (QED) is 0.751. The van der Waals surface area contributed by atoms with Crippen LogP contribution in [0.15, 0.2) is 46.9 Å². The van der Waals surface area contributed by atoms with E-state index in [1.54, 1.807) is 31.3 Å². The van der Waals surface area contributed by atoms with E-state index in [4.69, 9.17) is 11.6 Å². The molecule has 0 aliphatic heterocycles. The fraction of sp³-hybridized carbons (Fsp3) is 0.200. The van der Waals surface area contributed by atoms with E-state index in [2.05, 4.69) is 21.2 Å². The van der Waals surface area contributed by atoms with Gasteiger partial charge in [-0.15, -0.1) is 0 Å². The molecule has 2 aromatic carbocycles. The highest BCUT2D eigenvalue weighted by atomic mass is 79.9. The molecule has 1 N–H and O–H groups in total. The maximum absolute atomic E-state index is 13.2. The first-order valence-corrected chi connectivity index (χ1v) is 7.30. The van der Waals surface area contributed by atoms with Gasteiger partial charge < -0.3 is 5.32 Å². The van der Waals surface area contributed by atoms with Crippen LogP contribution in [-0.4, -0.2) is 7.05 Å². The Balaban J connectivity index is 2.57. The number of alkyl halides is 3. The van der Waals surface area contributed by atoms with E-state index in [0.29, 0.717) is 15.1 Å². The van der Waals surface area contributed by atoms with Crippen molar-refractivity contribution in [3.63, 3.8) is 0 Å². The van der Waals surface area contributed by atoms with Crippen LogP contribution in [0.1, 0.15) is 22.7 Å². The van der Waals surface area contributed by atoms with Gasteiger partial charge in [-0.1, -0.05) is 51.8 Å². The predicted octanol–water partition coefficient (Wildman–Crippen LogP) is 5.43. The van der Waals surface area contributed by atoms with Crippen molar-refractivity contribution >= 4 is 27.5 Å². The molecule has 21 heavy (non-hydrogen) atoms. The van der Waals surface area contributed by atoms with Crippen molar-refractivity contribution in [2.75, 3.05) is 7.05 Å². The Hall–Kier alpha value is -1.04. The van der Waals surface area contributed by atoms with Crippen molar-refractivity contribution in [2.24, 2.45) is 0 Å².